The predicted octanol–water partition coefficient (Wildman–Crippen LogP) is 5.03. The minimum Gasteiger partial charge on any atom is -0.493 e. The highest BCUT2D eigenvalue weighted by Crippen LogP contribution is 2.44. The minimum absolute atomic E-state index is 0.108. The largest absolute Gasteiger partial charge is 0.493 e. The molecule has 0 unspecified atom stereocenters. The molecule has 0 fully saturated rings. The molecule has 0 saturated heterocycles. The Bertz CT molecular complexity index is 1170. The van der Waals surface area contributed by atoms with Gasteiger partial charge in [0, 0.05) is 16.1 Å². The molecule has 3 aromatic rings. The summed E-state index contributed by atoms with van der Waals surface area (Å²) in [6.45, 7) is 0. The quantitative estimate of drug-likeness (QED) is 0.582. The predicted molar refractivity (Wildman–Crippen MR) is 116 cm³/mol. The molecule has 0 amide bonds. The van der Waals surface area contributed by atoms with Crippen LogP contribution in [0, 0.1) is 22.7 Å². The van der Waals surface area contributed by atoms with Crippen LogP contribution in [0.4, 0.5) is 5.69 Å². The van der Waals surface area contributed by atoms with Crippen molar-refractivity contribution >= 4 is 17.3 Å². The maximum absolute atomic E-state index is 9.79. The lowest BCUT2D eigenvalue weighted by molar-refractivity contribution is 0.324. The summed E-state index contributed by atoms with van der Waals surface area (Å²) in [6, 6.07) is 16.5. The fourth-order valence-electron chi connectivity index (χ4n) is 3.27. The molecule has 30 heavy (non-hydrogen) atoms. The SMILES string of the molecule is COc1cc(-c2cc(-c3ccc(Cl)cc3)c(C#N)c(N)c2C#N)cc(OC)c1OC. The molecule has 0 aliphatic carbocycles. The highest BCUT2D eigenvalue weighted by atomic mass is 35.5. The molecule has 150 valence electrons. The van der Waals surface area contributed by atoms with Gasteiger partial charge in [-0.05, 0) is 41.5 Å². The van der Waals surface area contributed by atoms with Gasteiger partial charge in [0.2, 0.25) is 5.75 Å². The van der Waals surface area contributed by atoms with Gasteiger partial charge in [0.25, 0.3) is 0 Å². The third kappa shape index (κ3) is 3.57. The maximum atomic E-state index is 9.79. The summed E-state index contributed by atoms with van der Waals surface area (Å²) in [7, 11) is 4.54. The van der Waals surface area contributed by atoms with Crippen molar-refractivity contribution in [1.29, 1.82) is 10.5 Å². The first-order chi connectivity index (χ1) is 14.5. The summed E-state index contributed by atoms with van der Waals surface area (Å²) in [5.41, 5.74) is 9.29. The van der Waals surface area contributed by atoms with E-state index in [-0.39, 0.29) is 16.8 Å². The lowest BCUT2D eigenvalue weighted by Gasteiger charge is -2.17. The summed E-state index contributed by atoms with van der Waals surface area (Å²) >= 11 is 6.00. The van der Waals surface area contributed by atoms with Crippen molar-refractivity contribution in [2.45, 2.75) is 0 Å². The first-order valence-electron chi connectivity index (χ1n) is 8.82. The molecule has 0 spiro atoms. The zero-order chi connectivity index (χ0) is 21.8. The van der Waals surface area contributed by atoms with Gasteiger partial charge in [0.1, 0.15) is 12.1 Å². The first-order valence-corrected chi connectivity index (χ1v) is 9.19. The summed E-state index contributed by atoms with van der Waals surface area (Å²) in [5, 5.41) is 20.1. The van der Waals surface area contributed by atoms with Crippen LogP contribution >= 0.6 is 11.6 Å². The molecule has 0 atom stereocenters. The Hall–Kier alpha value is -3.87. The van der Waals surface area contributed by atoms with Crippen LogP contribution in [0.3, 0.4) is 0 Å². The van der Waals surface area contributed by atoms with Crippen LogP contribution in [-0.4, -0.2) is 21.3 Å². The second-order valence-corrected chi connectivity index (χ2v) is 6.72. The molecule has 7 heteroatoms. The zero-order valence-electron chi connectivity index (χ0n) is 16.6. The Balaban J connectivity index is 2.37. The lowest BCUT2D eigenvalue weighted by atomic mass is 9.89. The van der Waals surface area contributed by atoms with Crippen molar-refractivity contribution in [2.75, 3.05) is 27.1 Å². The zero-order valence-corrected chi connectivity index (χ0v) is 17.4. The maximum Gasteiger partial charge on any atom is 0.203 e. The fourth-order valence-corrected chi connectivity index (χ4v) is 3.39. The van der Waals surface area contributed by atoms with Crippen molar-refractivity contribution in [1.82, 2.24) is 0 Å². The third-order valence-electron chi connectivity index (χ3n) is 4.72. The number of hydrogen-bond donors (Lipinski definition) is 1. The minimum atomic E-state index is 0.108. The van der Waals surface area contributed by atoms with Gasteiger partial charge in [-0.2, -0.15) is 10.5 Å². The van der Waals surface area contributed by atoms with E-state index < -0.39 is 0 Å². The highest BCUT2D eigenvalue weighted by molar-refractivity contribution is 6.30. The number of ether oxygens (including phenoxy) is 3. The number of anilines is 1. The average Bonchev–Trinajstić information content (AvgIpc) is 2.77. The summed E-state index contributed by atoms with van der Waals surface area (Å²) in [4.78, 5) is 0. The summed E-state index contributed by atoms with van der Waals surface area (Å²) < 4.78 is 16.2. The van der Waals surface area contributed by atoms with E-state index in [1.807, 2.05) is 0 Å². The summed E-state index contributed by atoms with van der Waals surface area (Å²) in [5.74, 6) is 1.31. The molecule has 2 N–H and O–H groups in total. The Morgan fingerprint density at radius 1 is 0.767 bits per heavy atom. The van der Waals surface area contributed by atoms with Crippen LogP contribution < -0.4 is 19.9 Å². The van der Waals surface area contributed by atoms with Gasteiger partial charge in [0.15, 0.2) is 11.5 Å². The van der Waals surface area contributed by atoms with Crippen LogP contribution in [-0.2, 0) is 0 Å². The van der Waals surface area contributed by atoms with Crippen molar-refractivity contribution in [3.8, 4) is 51.6 Å². The first kappa shape index (κ1) is 20.9. The number of nitriles is 2. The Labute approximate surface area is 179 Å². The van der Waals surface area contributed by atoms with E-state index in [1.165, 1.54) is 21.3 Å². The molecular weight excluding hydrogens is 402 g/mol. The second kappa shape index (κ2) is 8.65. The van der Waals surface area contributed by atoms with Crippen LogP contribution in [0.2, 0.25) is 5.02 Å². The molecule has 0 aliphatic rings. The van der Waals surface area contributed by atoms with Gasteiger partial charge in [0.05, 0.1) is 38.1 Å². The molecule has 3 rings (SSSR count). The number of halogens is 1. The molecule has 6 nitrogen and oxygen atoms in total. The van der Waals surface area contributed by atoms with Gasteiger partial charge < -0.3 is 19.9 Å². The number of nitrogen functional groups attached to an aromatic ring is 1. The number of nitrogens with zero attached hydrogens (tertiary/aromatic N) is 2. The lowest BCUT2D eigenvalue weighted by Crippen LogP contribution is -2.01. The Kier molecular flexibility index (Phi) is 6.01. The van der Waals surface area contributed by atoms with Crippen LogP contribution in [0.25, 0.3) is 22.3 Å². The van der Waals surface area contributed by atoms with E-state index in [9.17, 15) is 10.5 Å². The molecule has 0 aliphatic heterocycles. The monoisotopic (exact) mass is 419 g/mol. The number of methoxy groups -OCH3 is 3. The molecule has 0 aromatic heterocycles. The van der Waals surface area contributed by atoms with Crippen molar-refractivity contribution in [2.24, 2.45) is 0 Å². The van der Waals surface area contributed by atoms with Crippen molar-refractivity contribution < 1.29 is 14.2 Å². The van der Waals surface area contributed by atoms with Crippen LogP contribution in [0.5, 0.6) is 17.2 Å². The van der Waals surface area contributed by atoms with Crippen molar-refractivity contribution in [3.05, 3.63) is 58.6 Å². The smallest absolute Gasteiger partial charge is 0.203 e. The van der Waals surface area contributed by atoms with E-state index in [4.69, 9.17) is 31.5 Å². The number of hydrogen-bond acceptors (Lipinski definition) is 6. The molecule has 0 bridgehead atoms. The molecule has 0 saturated carbocycles. The van der Waals surface area contributed by atoms with Crippen molar-refractivity contribution in [3.63, 3.8) is 0 Å². The number of nitrogens with two attached hydrogens (primary N) is 1. The van der Waals surface area contributed by atoms with Gasteiger partial charge in [-0.1, -0.05) is 23.7 Å². The van der Waals surface area contributed by atoms with Gasteiger partial charge in [-0.25, -0.2) is 0 Å². The van der Waals surface area contributed by atoms with E-state index in [0.29, 0.717) is 39.0 Å². The standard InChI is InChI=1S/C23H18ClN3O3/c1-28-20-8-14(9-21(29-2)23(20)30-3)17-10-16(13-4-6-15(24)7-5-13)18(11-25)22(27)19(17)12-26/h4-10H,27H2,1-3H3. The second-order valence-electron chi connectivity index (χ2n) is 6.28. The topological polar surface area (TPSA) is 101 Å². The molecular formula is C23H18ClN3O3. The molecule has 0 radical (unpaired) electrons. The molecule has 3 aromatic carbocycles. The van der Waals surface area contributed by atoms with Gasteiger partial charge in [-0.15, -0.1) is 0 Å². The third-order valence-corrected chi connectivity index (χ3v) is 4.97. The van der Waals surface area contributed by atoms with Crippen LogP contribution in [0.1, 0.15) is 11.1 Å². The van der Waals surface area contributed by atoms with Gasteiger partial charge >= 0.3 is 0 Å². The van der Waals surface area contributed by atoms with Gasteiger partial charge in [-0.3, -0.25) is 0 Å². The van der Waals surface area contributed by atoms with E-state index in [1.54, 1.807) is 42.5 Å². The average molecular weight is 420 g/mol. The van der Waals surface area contributed by atoms with Crippen LogP contribution in [0.15, 0.2) is 42.5 Å². The summed E-state index contributed by atoms with van der Waals surface area (Å²) in [6.07, 6.45) is 0. The van der Waals surface area contributed by atoms with E-state index >= 15 is 0 Å². The Morgan fingerprint density at radius 2 is 1.27 bits per heavy atom. The number of rotatable bonds is 5. The van der Waals surface area contributed by atoms with E-state index in [2.05, 4.69) is 12.1 Å². The molecule has 0 heterocycles. The Morgan fingerprint density at radius 3 is 1.70 bits per heavy atom. The van der Waals surface area contributed by atoms with E-state index in [0.717, 1.165) is 5.56 Å². The normalized spacial score (nSPS) is 10.1. The fraction of sp³-hybridized carbons (Fsp3) is 0.130. The highest BCUT2D eigenvalue weighted by Gasteiger charge is 2.21. The number of benzene rings is 3.